The first kappa shape index (κ1) is 16.1. The lowest BCUT2D eigenvalue weighted by Crippen LogP contribution is -2.10. The number of aryl methyl sites for hydroxylation is 2. The summed E-state index contributed by atoms with van der Waals surface area (Å²) in [6.45, 7) is 5.96. The fraction of sp³-hybridized carbons (Fsp3) is 0.316. The monoisotopic (exact) mass is 353 g/mol. The standard InChI is InChI=1S/C19H19N3O2S/c1-11-9-12(2)21-22-17(11)16(14-7-5-4-6-8-14)20-19(22)25-15-10-13(3)24-18(15)23/h4-9,13,15H,10H2,1-3H3/t13-,15-/m1/s1. The van der Waals surface area contributed by atoms with Crippen molar-refractivity contribution in [1.29, 1.82) is 0 Å². The number of carbonyl (C=O) groups is 1. The minimum absolute atomic E-state index is 0.0405. The van der Waals surface area contributed by atoms with Gasteiger partial charge in [-0.1, -0.05) is 42.1 Å². The summed E-state index contributed by atoms with van der Waals surface area (Å²) in [5.41, 5.74) is 4.97. The molecular formula is C19H19N3O2S. The fourth-order valence-corrected chi connectivity index (χ4v) is 4.37. The van der Waals surface area contributed by atoms with Crippen LogP contribution in [-0.2, 0) is 9.53 Å². The molecule has 1 fully saturated rings. The van der Waals surface area contributed by atoms with Crippen LogP contribution in [0.3, 0.4) is 0 Å². The molecule has 1 aromatic carbocycles. The Kier molecular flexibility index (Phi) is 4.00. The van der Waals surface area contributed by atoms with Gasteiger partial charge in [0.25, 0.3) is 0 Å². The number of nitrogens with zero attached hydrogens (tertiary/aromatic N) is 3. The van der Waals surface area contributed by atoms with Crippen molar-refractivity contribution in [3.05, 3.63) is 47.7 Å². The highest BCUT2D eigenvalue weighted by Gasteiger charge is 2.34. The lowest BCUT2D eigenvalue weighted by molar-refractivity contribution is -0.140. The van der Waals surface area contributed by atoms with Crippen LogP contribution in [0.15, 0.2) is 41.6 Å². The maximum atomic E-state index is 12.0. The van der Waals surface area contributed by atoms with Crippen molar-refractivity contribution in [1.82, 2.24) is 14.6 Å². The van der Waals surface area contributed by atoms with Crippen LogP contribution in [0.5, 0.6) is 0 Å². The predicted octanol–water partition coefficient (Wildman–Crippen LogP) is 3.81. The van der Waals surface area contributed by atoms with Crippen molar-refractivity contribution in [2.24, 2.45) is 0 Å². The first-order valence-electron chi connectivity index (χ1n) is 8.32. The van der Waals surface area contributed by atoms with E-state index in [1.807, 2.05) is 48.7 Å². The maximum absolute atomic E-state index is 12.0. The second-order valence-corrected chi connectivity index (χ2v) is 7.60. The molecule has 0 N–H and O–H groups in total. The maximum Gasteiger partial charge on any atom is 0.319 e. The van der Waals surface area contributed by atoms with Crippen LogP contribution in [0.25, 0.3) is 16.8 Å². The van der Waals surface area contributed by atoms with Crippen molar-refractivity contribution < 1.29 is 9.53 Å². The van der Waals surface area contributed by atoms with E-state index in [2.05, 4.69) is 18.1 Å². The third kappa shape index (κ3) is 2.91. The molecule has 4 rings (SSSR count). The number of rotatable bonds is 3. The predicted molar refractivity (Wildman–Crippen MR) is 97.7 cm³/mol. The summed E-state index contributed by atoms with van der Waals surface area (Å²) in [5, 5.41) is 5.15. The number of cyclic esters (lactones) is 1. The zero-order valence-corrected chi connectivity index (χ0v) is 15.2. The quantitative estimate of drug-likeness (QED) is 0.670. The van der Waals surface area contributed by atoms with Crippen molar-refractivity contribution >= 4 is 23.2 Å². The van der Waals surface area contributed by atoms with Crippen molar-refractivity contribution in [3.63, 3.8) is 0 Å². The molecule has 2 aromatic heterocycles. The molecular weight excluding hydrogens is 334 g/mol. The van der Waals surface area contributed by atoms with E-state index in [-0.39, 0.29) is 17.3 Å². The molecule has 0 spiro atoms. The number of carbonyl (C=O) groups excluding carboxylic acids is 1. The van der Waals surface area contributed by atoms with E-state index in [4.69, 9.17) is 9.72 Å². The number of fused-ring (bicyclic) bond motifs is 1. The SMILES string of the molecule is Cc1cc(C)c2c(-c3ccccc3)nc(S[C@@H]3C[C@@H](C)OC3=O)n2n1. The van der Waals surface area contributed by atoms with Crippen molar-refractivity contribution in [3.8, 4) is 11.3 Å². The number of imidazole rings is 1. The van der Waals surface area contributed by atoms with Gasteiger partial charge in [-0.05, 0) is 32.4 Å². The van der Waals surface area contributed by atoms with Gasteiger partial charge in [-0.25, -0.2) is 9.50 Å². The van der Waals surface area contributed by atoms with Crippen LogP contribution in [0.1, 0.15) is 24.6 Å². The molecule has 0 amide bonds. The molecule has 0 bridgehead atoms. The molecule has 2 atom stereocenters. The summed E-state index contributed by atoms with van der Waals surface area (Å²) in [7, 11) is 0. The number of benzene rings is 1. The highest BCUT2D eigenvalue weighted by molar-refractivity contribution is 8.00. The van der Waals surface area contributed by atoms with Gasteiger partial charge < -0.3 is 4.74 Å². The largest absolute Gasteiger partial charge is 0.462 e. The molecule has 3 heterocycles. The summed E-state index contributed by atoms with van der Waals surface area (Å²) < 4.78 is 7.15. The lowest BCUT2D eigenvalue weighted by Gasteiger charge is -2.06. The summed E-state index contributed by atoms with van der Waals surface area (Å²) >= 11 is 1.44. The van der Waals surface area contributed by atoms with E-state index in [0.29, 0.717) is 6.42 Å². The van der Waals surface area contributed by atoms with Gasteiger partial charge in [0, 0.05) is 12.0 Å². The van der Waals surface area contributed by atoms with Crippen molar-refractivity contribution in [2.45, 2.75) is 43.7 Å². The smallest absolute Gasteiger partial charge is 0.319 e. The van der Waals surface area contributed by atoms with Crippen LogP contribution < -0.4 is 0 Å². The third-order valence-corrected chi connectivity index (χ3v) is 5.45. The van der Waals surface area contributed by atoms with Crippen LogP contribution in [-0.4, -0.2) is 31.9 Å². The molecule has 6 heteroatoms. The Balaban J connectivity index is 1.86. The minimum atomic E-state index is -0.230. The Labute approximate surface area is 150 Å². The lowest BCUT2D eigenvalue weighted by atomic mass is 10.1. The zero-order chi connectivity index (χ0) is 17.6. The Bertz CT molecular complexity index is 952. The molecule has 0 aliphatic carbocycles. The van der Waals surface area contributed by atoms with Gasteiger partial charge in [0.2, 0.25) is 0 Å². The zero-order valence-electron chi connectivity index (χ0n) is 14.4. The van der Waals surface area contributed by atoms with Gasteiger partial charge in [0.15, 0.2) is 5.16 Å². The van der Waals surface area contributed by atoms with Gasteiger partial charge in [0.1, 0.15) is 11.4 Å². The number of ether oxygens (including phenoxy) is 1. The van der Waals surface area contributed by atoms with Gasteiger partial charge in [-0.2, -0.15) is 5.10 Å². The Morgan fingerprint density at radius 3 is 2.68 bits per heavy atom. The average Bonchev–Trinajstić information content (AvgIpc) is 3.09. The van der Waals surface area contributed by atoms with Gasteiger partial charge in [-0.15, -0.1) is 0 Å². The summed E-state index contributed by atoms with van der Waals surface area (Å²) in [6.07, 6.45) is 0.658. The Hall–Kier alpha value is -2.34. The van der Waals surface area contributed by atoms with Crippen LogP contribution >= 0.6 is 11.8 Å². The highest BCUT2D eigenvalue weighted by atomic mass is 32.2. The molecule has 1 aliphatic rings. The summed E-state index contributed by atoms with van der Waals surface area (Å²) in [5.74, 6) is -0.167. The number of thioether (sulfide) groups is 1. The summed E-state index contributed by atoms with van der Waals surface area (Å²) in [4.78, 5) is 16.9. The van der Waals surface area contributed by atoms with E-state index in [1.165, 1.54) is 11.8 Å². The number of hydrogen-bond acceptors (Lipinski definition) is 5. The number of hydrogen-bond donors (Lipinski definition) is 0. The van der Waals surface area contributed by atoms with E-state index >= 15 is 0 Å². The van der Waals surface area contributed by atoms with E-state index in [0.717, 1.165) is 33.2 Å². The average molecular weight is 353 g/mol. The minimum Gasteiger partial charge on any atom is -0.462 e. The molecule has 3 aromatic rings. The Morgan fingerprint density at radius 2 is 2.00 bits per heavy atom. The van der Waals surface area contributed by atoms with Crippen LogP contribution in [0, 0.1) is 13.8 Å². The number of aromatic nitrogens is 3. The van der Waals surface area contributed by atoms with Gasteiger partial charge in [-0.3, -0.25) is 4.79 Å². The first-order chi connectivity index (χ1) is 12.0. The second-order valence-electron chi connectivity index (χ2n) is 6.43. The third-order valence-electron chi connectivity index (χ3n) is 4.30. The molecule has 1 saturated heterocycles. The molecule has 1 aliphatic heterocycles. The molecule has 0 unspecified atom stereocenters. The second kappa shape index (κ2) is 6.19. The van der Waals surface area contributed by atoms with Crippen molar-refractivity contribution in [2.75, 3.05) is 0 Å². The molecule has 0 saturated carbocycles. The van der Waals surface area contributed by atoms with E-state index in [9.17, 15) is 4.79 Å². The van der Waals surface area contributed by atoms with Gasteiger partial charge >= 0.3 is 5.97 Å². The van der Waals surface area contributed by atoms with E-state index in [1.54, 1.807) is 0 Å². The van der Waals surface area contributed by atoms with Crippen LogP contribution in [0.2, 0.25) is 0 Å². The molecule has 0 radical (unpaired) electrons. The van der Waals surface area contributed by atoms with E-state index < -0.39 is 0 Å². The van der Waals surface area contributed by atoms with Gasteiger partial charge in [0.05, 0.1) is 16.9 Å². The molecule has 25 heavy (non-hydrogen) atoms. The normalized spacial score (nSPS) is 20.2. The number of esters is 1. The molecule has 5 nitrogen and oxygen atoms in total. The fourth-order valence-electron chi connectivity index (χ4n) is 3.22. The molecule has 128 valence electrons. The highest BCUT2D eigenvalue weighted by Crippen LogP contribution is 2.35. The first-order valence-corrected chi connectivity index (χ1v) is 9.20. The summed E-state index contributed by atoms with van der Waals surface area (Å²) in [6, 6.07) is 12.1. The Morgan fingerprint density at radius 1 is 1.24 bits per heavy atom. The topological polar surface area (TPSA) is 56.5 Å². The van der Waals surface area contributed by atoms with Crippen LogP contribution in [0.4, 0.5) is 0 Å².